The molecule has 0 aliphatic carbocycles. The molecule has 1 aromatic heterocycles. The number of hydrogen-bond acceptors (Lipinski definition) is 4. The van der Waals surface area contributed by atoms with Gasteiger partial charge in [-0.15, -0.1) is 6.58 Å². The van der Waals surface area contributed by atoms with Crippen LogP contribution in [0.1, 0.15) is 30.1 Å². The maximum absolute atomic E-state index is 10.3. The molecule has 5 atom stereocenters. The second kappa shape index (κ2) is 8.21. The lowest BCUT2D eigenvalue weighted by Crippen LogP contribution is -2.55. The van der Waals surface area contributed by atoms with Crippen LogP contribution in [0.25, 0.3) is 10.9 Å². The van der Waals surface area contributed by atoms with E-state index in [1.165, 1.54) is 12.0 Å². The molecule has 4 heterocycles. The average Bonchev–Trinajstić information content (AvgIpc) is 2.81. The lowest BCUT2D eigenvalue weighted by Gasteiger charge is -2.51. The molecule has 3 saturated heterocycles. The molecule has 0 saturated carbocycles. The molecule has 4 heteroatoms. The summed E-state index contributed by atoms with van der Waals surface area (Å²) in [6.45, 7) is 6.79. The molecule has 1 N–H and O–H groups in total. The molecule has 0 spiro atoms. The Labute approximate surface area is 177 Å². The Bertz CT molecular complexity index is 1040. The molecule has 30 heavy (non-hydrogen) atoms. The number of pyridine rings is 1. The number of phenols is 1. The van der Waals surface area contributed by atoms with E-state index in [-0.39, 0.29) is 11.9 Å². The van der Waals surface area contributed by atoms with Gasteiger partial charge < -0.3 is 9.84 Å². The van der Waals surface area contributed by atoms with Gasteiger partial charge >= 0.3 is 0 Å². The van der Waals surface area contributed by atoms with Crippen LogP contribution < -0.4 is 0 Å². The topological polar surface area (TPSA) is 45.6 Å². The van der Waals surface area contributed by atoms with Gasteiger partial charge in [0.25, 0.3) is 0 Å². The zero-order valence-corrected chi connectivity index (χ0v) is 17.2. The van der Waals surface area contributed by atoms with Crippen molar-refractivity contribution in [2.24, 2.45) is 11.8 Å². The lowest BCUT2D eigenvalue weighted by atomic mass is 9.73. The second-order valence-electron chi connectivity index (χ2n) is 8.54. The summed E-state index contributed by atoms with van der Waals surface area (Å²) in [4.78, 5) is 7.01. The molecule has 2 bridgehead atoms. The third-order valence-electron chi connectivity index (χ3n) is 6.87. The van der Waals surface area contributed by atoms with Crippen LogP contribution in [0.5, 0.6) is 5.75 Å². The number of fused-ring (bicyclic) bond motifs is 4. The lowest BCUT2D eigenvalue weighted by molar-refractivity contribution is -0.0803. The quantitative estimate of drug-likeness (QED) is 0.585. The predicted octanol–water partition coefficient (Wildman–Crippen LogP) is 5.09. The van der Waals surface area contributed by atoms with Crippen LogP contribution in [0.3, 0.4) is 0 Å². The molecule has 3 fully saturated rings. The number of piperidine rings is 3. The fraction of sp³-hybridized carbons (Fsp3) is 0.346. The molecule has 0 radical (unpaired) electrons. The van der Waals surface area contributed by atoms with E-state index >= 15 is 0 Å². The number of para-hydroxylation sites is 1. The monoisotopic (exact) mass is 400 g/mol. The highest BCUT2D eigenvalue weighted by molar-refractivity contribution is 5.87. The first kappa shape index (κ1) is 19.3. The molecule has 0 amide bonds. The van der Waals surface area contributed by atoms with Crippen molar-refractivity contribution in [1.29, 1.82) is 0 Å². The van der Waals surface area contributed by atoms with Gasteiger partial charge in [0.05, 0.1) is 12.7 Å². The van der Waals surface area contributed by atoms with E-state index < -0.39 is 0 Å². The summed E-state index contributed by atoms with van der Waals surface area (Å²) >= 11 is 0. The number of benzene rings is 2. The summed E-state index contributed by atoms with van der Waals surface area (Å²) in [6.07, 6.45) is 6.19. The van der Waals surface area contributed by atoms with Gasteiger partial charge in [-0.3, -0.25) is 9.88 Å². The number of rotatable bonds is 6. The van der Waals surface area contributed by atoms with E-state index in [9.17, 15) is 5.11 Å². The number of nitrogens with zero attached hydrogens (tertiary/aromatic N) is 2. The van der Waals surface area contributed by atoms with Crippen molar-refractivity contribution in [1.82, 2.24) is 9.88 Å². The molecule has 3 aliphatic heterocycles. The highest BCUT2D eigenvalue weighted by Gasteiger charge is 2.43. The average molecular weight is 401 g/mol. The molecule has 3 aliphatic rings. The maximum atomic E-state index is 10.3. The minimum atomic E-state index is -0.0777. The van der Waals surface area contributed by atoms with Crippen molar-refractivity contribution in [2.75, 3.05) is 13.1 Å². The molecule has 4 nitrogen and oxygen atoms in total. The molecule has 6 rings (SSSR count). The third-order valence-corrected chi connectivity index (χ3v) is 6.87. The van der Waals surface area contributed by atoms with Crippen LogP contribution >= 0.6 is 0 Å². The van der Waals surface area contributed by atoms with Gasteiger partial charge in [-0.05, 0) is 54.5 Å². The zero-order valence-electron chi connectivity index (χ0n) is 17.2. The largest absolute Gasteiger partial charge is 0.506 e. The van der Waals surface area contributed by atoms with Crippen molar-refractivity contribution in [3.63, 3.8) is 0 Å². The summed E-state index contributed by atoms with van der Waals surface area (Å²) < 4.78 is 6.65. The van der Waals surface area contributed by atoms with Crippen LogP contribution in [0, 0.1) is 11.8 Å². The molecule has 3 aromatic rings. The van der Waals surface area contributed by atoms with E-state index in [2.05, 4.69) is 40.7 Å². The van der Waals surface area contributed by atoms with Crippen molar-refractivity contribution in [3.05, 3.63) is 84.6 Å². The van der Waals surface area contributed by atoms with Crippen molar-refractivity contribution >= 4 is 10.9 Å². The zero-order chi connectivity index (χ0) is 20.5. The highest BCUT2D eigenvalue weighted by Crippen LogP contribution is 2.44. The van der Waals surface area contributed by atoms with Crippen LogP contribution in [0.2, 0.25) is 0 Å². The van der Waals surface area contributed by atoms with Gasteiger partial charge in [-0.25, -0.2) is 0 Å². The van der Waals surface area contributed by atoms with Crippen LogP contribution in [0.4, 0.5) is 0 Å². The van der Waals surface area contributed by atoms with Gasteiger partial charge in [0.15, 0.2) is 0 Å². The van der Waals surface area contributed by atoms with Crippen LogP contribution in [0.15, 0.2) is 73.4 Å². The number of phenolic OH excluding ortho intramolecular Hbond substituents is 1. The third kappa shape index (κ3) is 3.51. The van der Waals surface area contributed by atoms with E-state index in [0.717, 1.165) is 30.5 Å². The smallest absolute Gasteiger partial charge is 0.141 e. The summed E-state index contributed by atoms with van der Waals surface area (Å²) in [6, 6.07) is 18.3. The summed E-state index contributed by atoms with van der Waals surface area (Å²) in [5.41, 5.74) is 2.92. The Morgan fingerprint density at radius 2 is 2.03 bits per heavy atom. The Balaban J connectivity index is 1.52. The summed E-state index contributed by atoms with van der Waals surface area (Å²) in [7, 11) is 0. The van der Waals surface area contributed by atoms with Crippen molar-refractivity contribution in [3.8, 4) is 5.75 Å². The Hall–Kier alpha value is -2.69. The van der Waals surface area contributed by atoms with Crippen LogP contribution in [-0.2, 0) is 11.3 Å². The summed E-state index contributed by atoms with van der Waals surface area (Å²) in [5, 5.41) is 11.3. The fourth-order valence-electron chi connectivity index (χ4n) is 5.29. The molecule has 154 valence electrons. The fourth-order valence-corrected chi connectivity index (χ4v) is 5.29. The number of aromatic hydroxyl groups is 1. The van der Waals surface area contributed by atoms with Crippen molar-refractivity contribution in [2.45, 2.75) is 31.6 Å². The predicted molar refractivity (Wildman–Crippen MR) is 119 cm³/mol. The van der Waals surface area contributed by atoms with Crippen LogP contribution in [-0.4, -0.2) is 34.1 Å². The van der Waals surface area contributed by atoms with E-state index in [0.29, 0.717) is 30.0 Å². The molecule has 2 aromatic carbocycles. The minimum Gasteiger partial charge on any atom is -0.506 e. The normalized spacial score (nSPS) is 26.5. The van der Waals surface area contributed by atoms with Crippen molar-refractivity contribution < 1.29 is 9.84 Å². The Morgan fingerprint density at radius 1 is 1.17 bits per heavy atom. The first-order valence-electron chi connectivity index (χ1n) is 10.8. The van der Waals surface area contributed by atoms with Gasteiger partial charge in [0.2, 0.25) is 0 Å². The second-order valence-corrected chi connectivity index (χ2v) is 8.54. The van der Waals surface area contributed by atoms with Gasteiger partial charge in [0.1, 0.15) is 11.3 Å². The highest BCUT2D eigenvalue weighted by atomic mass is 16.5. The number of hydrogen-bond donors (Lipinski definition) is 1. The Kier molecular flexibility index (Phi) is 5.28. The first-order chi connectivity index (χ1) is 14.7. The van der Waals surface area contributed by atoms with Gasteiger partial charge in [-0.1, -0.05) is 48.5 Å². The first-order valence-corrected chi connectivity index (χ1v) is 10.8. The Morgan fingerprint density at radius 3 is 2.80 bits per heavy atom. The number of ether oxygens (including phenoxy) is 1. The molecular weight excluding hydrogens is 372 g/mol. The molecule has 1 unspecified atom stereocenters. The maximum Gasteiger partial charge on any atom is 0.141 e. The molecular formula is C26H28N2O2. The summed E-state index contributed by atoms with van der Waals surface area (Å²) in [5.74, 6) is 1.46. The van der Waals surface area contributed by atoms with Gasteiger partial charge in [-0.2, -0.15) is 0 Å². The van der Waals surface area contributed by atoms with Gasteiger partial charge in [0, 0.05) is 24.2 Å². The van der Waals surface area contributed by atoms with E-state index in [1.54, 1.807) is 12.3 Å². The number of aromatic nitrogens is 1. The van der Waals surface area contributed by atoms with E-state index in [4.69, 9.17) is 4.74 Å². The standard InChI is InChI=1S/C26H28N2O2/c1-2-19-16-28-14-12-20(19)15-23(28)26(30-17-18-7-4-3-5-8-18)22-11-13-27-25-21(22)9-6-10-24(25)29/h2-11,13,19-20,23,26,29H,1,12,14-17H2/t19-,20-,23+,26-/m0/s1. The minimum absolute atomic E-state index is 0.0777. The SMILES string of the molecule is C=C[C@H]1CN2CC[C@H]1C[C@@H]2[C@@H](OCc1ccccc1)c1ccnc2c(O)cccc12. The van der Waals surface area contributed by atoms with E-state index in [1.807, 2.05) is 30.3 Å².